The number of carbonyl (C=O) groups is 3. The summed E-state index contributed by atoms with van der Waals surface area (Å²) in [5.41, 5.74) is 0.432. The van der Waals surface area contributed by atoms with Gasteiger partial charge in [-0.1, -0.05) is 30.3 Å². The quantitative estimate of drug-likeness (QED) is 0.677. The molecule has 1 aromatic rings. The van der Waals surface area contributed by atoms with Gasteiger partial charge in [0.1, 0.15) is 17.5 Å². The van der Waals surface area contributed by atoms with E-state index in [2.05, 4.69) is 5.32 Å². The summed E-state index contributed by atoms with van der Waals surface area (Å²) in [6.07, 6.45) is -1.37. The number of carboxylic acid groups (broad SMARTS) is 1. The van der Waals surface area contributed by atoms with E-state index in [1.807, 2.05) is 0 Å². The second kappa shape index (κ2) is 5.78. The summed E-state index contributed by atoms with van der Waals surface area (Å²) in [6, 6.07) is 6.67. The highest BCUT2D eigenvalue weighted by molar-refractivity contribution is 8.01. The van der Waals surface area contributed by atoms with Crippen LogP contribution in [0.1, 0.15) is 25.5 Å². The van der Waals surface area contributed by atoms with E-state index in [1.54, 1.807) is 44.2 Å². The molecule has 0 spiro atoms. The number of aliphatic carboxylic acids is 1. The third-order valence-electron chi connectivity index (χ3n) is 4.34. The first-order valence-corrected chi connectivity index (χ1v) is 8.38. The van der Waals surface area contributed by atoms with Gasteiger partial charge in [0, 0.05) is 4.75 Å². The Morgan fingerprint density at radius 1 is 1.29 bits per heavy atom. The highest BCUT2D eigenvalue weighted by Gasteiger charge is 2.64. The lowest BCUT2D eigenvalue weighted by Crippen LogP contribution is -2.70. The van der Waals surface area contributed by atoms with Crippen molar-refractivity contribution in [2.45, 2.75) is 42.2 Å². The van der Waals surface area contributed by atoms with Gasteiger partial charge in [0.25, 0.3) is 5.91 Å². The van der Waals surface area contributed by atoms with E-state index in [4.69, 9.17) is 0 Å². The molecule has 0 saturated carbocycles. The summed E-state index contributed by atoms with van der Waals surface area (Å²) >= 11 is 1.34. The molecule has 1 unspecified atom stereocenters. The van der Waals surface area contributed by atoms with Crippen LogP contribution in [0.25, 0.3) is 0 Å². The van der Waals surface area contributed by atoms with E-state index in [1.165, 1.54) is 16.7 Å². The summed E-state index contributed by atoms with van der Waals surface area (Å²) in [5, 5.41) is 21.6. The number of rotatable bonds is 4. The molecule has 2 aliphatic heterocycles. The van der Waals surface area contributed by atoms with Gasteiger partial charge < -0.3 is 20.4 Å². The van der Waals surface area contributed by atoms with Gasteiger partial charge in [-0.05, 0) is 19.4 Å². The Bertz CT molecular complexity index is 693. The van der Waals surface area contributed by atoms with E-state index in [9.17, 15) is 24.6 Å². The molecular formula is C16H18N2O5S. The maximum Gasteiger partial charge on any atom is 0.327 e. The monoisotopic (exact) mass is 350 g/mol. The lowest BCUT2D eigenvalue weighted by Gasteiger charge is -2.43. The molecule has 7 nitrogen and oxygen atoms in total. The fourth-order valence-corrected chi connectivity index (χ4v) is 4.79. The maximum atomic E-state index is 12.3. The Hall–Kier alpha value is -2.06. The molecular weight excluding hydrogens is 332 g/mol. The number of carbonyl (C=O) groups excluding carboxylic acids is 2. The van der Waals surface area contributed by atoms with E-state index < -0.39 is 46.1 Å². The fourth-order valence-electron chi connectivity index (χ4n) is 3.16. The lowest BCUT2D eigenvalue weighted by molar-refractivity contribution is -0.161. The fraction of sp³-hybridized carbons (Fsp3) is 0.438. The van der Waals surface area contributed by atoms with Crippen molar-refractivity contribution in [3.63, 3.8) is 0 Å². The molecule has 2 saturated heterocycles. The van der Waals surface area contributed by atoms with Gasteiger partial charge in [-0.25, -0.2) is 4.79 Å². The standard InChI is InChI=1S/C16H18N2O5S/c1-16(2)11(15(22)23)18-13(21)9(14(18)24-16)17-12(20)10(19)8-6-4-3-5-7-8/h3-7,9-11,14,19H,1-2H3,(H,17,20)(H,22,23)/t9-,10?,11+,14-/m1/s1. The van der Waals surface area contributed by atoms with Gasteiger partial charge in [-0.3, -0.25) is 9.59 Å². The molecule has 1 aromatic carbocycles. The first kappa shape index (κ1) is 16.8. The van der Waals surface area contributed by atoms with E-state index in [0.29, 0.717) is 5.56 Å². The first-order valence-electron chi connectivity index (χ1n) is 7.50. The molecule has 0 aliphatic carbocycles. The van der Waals surface area contributed by atoms with Gasteiger partial charge in [0.15, 0.2) is 6.10 Å². The number of carboxylic acids is 1. The average molecular weight is 350 g/mol. The summed E-state index contributed by atoms with van der Waals surface area (Å²) in [5.74, 6) is -2.16. The van der Waals surface area contributed by atoms with Crippen LogP contribution in [0.5, 0.6) is 0 Å². The SMILES string of the molecule is CC1(C)S[C@@H]2[C@H](NC(=O)C(O)c3ccccc3)C(=O)N2[C@H]1C(=O)O. The molecule has 8 heteroatoms. The number of nitrogens with zero attached hydrogens (tertiary/aromatic N) is 1. The number of hydrogen-bond acceptors (Lipinski definition) is 5. The average Bonchev–Trinajstić information content (AvgIpc) is 2.80. The molecule has 24 heavy (non-hydrogen) atoms. The van der Waals surface area contributed by atoms with Crippen molar-refractivity contribution in [1.29, 1.82) is 0 Å². The highest BCUT2D eigenvalue weighted by atomic mass is 32.2. The van der Waals surface area contributed by atoms with Gasteiger partial charge in [0.2, 0.25) is 5.91 Å². The number of aliphatic hydroxyl groups is 1. The third-order valence-corrected chi connectivity index (χ3v) is 5.91. The minimum absolute atomic E-state index is 0.430. The zero-order valence-corrected chi connectivity index (χ0v) is 14.0. The van der Waals surface area contributed by atoms with Crippen LogP contribution in [-0.2, 0) is 14.4 Å². The normalized spacial score (nSPS) is 28.7. The number of aliphatic hydroxyl groups excluding tert-OH is 1. The largest absolute Gasteiger partial charge is 0.480 e. The Kier molecular flexibility index (Phi) is 4.05. The third kappa shape index (κ3) is 2.55. The van der Waals surface area contributed by atoms with Crippen molar-refractivity contribution in [2.24, 2.45) is 0 Å². The van der Waals surface area contributed by atoms with Crippen LogP contribution < -0.4 is 5.32 Å². The Morgan fingerprint density at radius 2 is 1.92 bits per heavy atom. The van der Waals surface area contributed by atoms with Crippen LogP contribution >= 0.6 is 11.8 Å². The summed E-state index contributed by atoms with van der Waals surface area (Å²) in [7, 11) is 0. The number of benzene rings is 1. The molecule has 2 amide bonds. The van der Waals surface area contributed by atoms with Gasteiger partial charge in [-0.2, -0.15) is 0 Å². The van der Waals surface area contributed by atoms with Crippen LogP contribution in [0.2, 0.25) is 0 Å². The Labute approximate surface area is 143 Å². The minimum atomic E-state index is -1.37. The molecule has 3 N–H and O–H groups in total. The van der Waals surface area contributed by atoms with Gasteiger partial charge in [-0.15, -0.1) is 11.8 Å². The molecule has 0 bridgehead atoms. The second-order valence-electron chi connectivity index (χ2n) is 6.40. The van der Waals surface area contributed by atoms with E-state index >= 15 is 0 Å². The molecule has 2 aliphatic rings. The predicted octanol–water partition coefficient (Wildman–Crippen LogP) is 0.352. The number of hydrogen-bond donors (Lipinski definition) is 3. The van der Waals surface area contributed by atoms with Crippen LogP contribution in [0, 0.1) is 0 Å². The second-order valence-corrected chi connectivity index (χ2v) is 8.17. The highest BCUT2D eigenvalue weighted by Crippen LogP contribution is 2.50. The van der Waals surface area contributed by atoms with Crippen molar-refractivity contribution >= 4 is 29.5 Å². The molecule has 4 atom stereocenters. The Morgan fingerprint density at radius 3 is 2.50 bits per heavy atom. The lowest BCUT2D eigenvalue weighted by atomic mass is 9.96. The van der Waals surface area contributed by atoms with E-state index in [0.717, 1.165) is 0 Å². The first-order chi connectivity index (χ1) is 11.2. The number of thioether (sulfide) groups is 1. The number of β-lactam (4-membered cyclic amide) rings is 1. The van der Waals surface area contributed by atoms with Crippen molar-refractivity contribution in [1.82, 2.24) is 10.2 Å². The van der Waals surface area contributed by atoms with Crippen LogP contribution in [0.3, 0.4) is 0 Å². The van der Waals surface area contributed by atoms with Crippen LogP contribution in [0.4, 0.5) is 0 Å². The maximum absolute atomic E-state index is 12.3. The van der Waals surface area contributed by atoms with Gasteiger partial charge >= 0.3 is 5.97 Å². The summed E-state index contributed by atoms with van der Waals surface area (Å²) in [4.78, 5) is 37.2. The molecule has 2 fully saturated rings. The zero-order chi connectivity index (χ0) is 17.6. The molecule has 0 aromatic heterocycles. The smallest absolute Gasteiger partial charge is 0.327 e. The van der Waals surface area contributed by atoms with Crippen LogP contribution in [0.15, 0.2) is 30.3 Å². The topological polar surface area (TPSA) is 107 Å². The predicted molar refractivity (Wildman–Crippen MR) is 87.1 cm³/mol. The van der Waals surface area contributed by atoms with Crippen molar-refractivity contribution < 1.29 is 24.6 Å². The molecule has 128 valence electrons. The minimum Gasteiger partial charge on any atom is -0.480 e. The number of amides is 2. The van der Waals surface area contributed by atoms with Gasteiger partial charge in [0.05, 0.1) is 0 Å². The van der Waals surface area contributed by atoms with Crippen molar-refractivity contribution in [3.8, 4) is 0 Å². The van der Waals surface area contributed by atoms with Crippen LogP contribution in [-0.4, -0.2) is 55.1 Å². The van der Waals surface area contributed by atoms with Crippen molar-refractivity contribution in [2.75, 3.05) is 0 Å². The zero-order valence-electron chi connectivity index (χ0n) is 13.2. The number of nitrogens with one attached hydrogen (secondary N) is 1. The molecule has 0 radical (unpaired) electrons. The van der Waals surface area contributed by atoms with E-state index in [-0.39, 0.29) is 0 Å². The van der Waals surface area contributed by atoms with Crippen molar-refractivity contribution in [3.05, 3.63) is 35.9 Å². The molecule has 3 rings (SSSR count). The Balaban J connectivity index is 1.71. The summed E-state index contributed by atoms with van der Waals surface area (Å²) < 4.78 is -0.649. The summed E-state index contributed by atoms with van der Waals surface area (Å²) in [6.45, 7) is 3.53. The molecule has 2 heterocycles. The number of fused-ring (bicyclic) bond motifs is 1.